The molecular formula is C88H174N4O15P2. The van der Waals surface area contributed by atoms with Gasteiger partial charge >= 0.3 is 33.2 Å². The van der Waals surface area contributed by atoms with Crippen molar-refractivity contribution in [3.63, 3.8) is 0 Å². The third kappa shape index (κ3) is 77.7. The average Bonchev–Trinajstić information content (AvgIpc) is 0.916. The first-order chi connectivity index (χ1) is 53.0. The van der Waals surface area contributed by atoms with Gasteiger partial charge in [0.15, 0.2) is 0 Å². The molecule has 0 aliphatic carbocycles. The number of carbonyl (C=O) groups is 5. The van der Waals surface area contributed by atoms with Crippen LogP contribution in [0, 0.1) is 0 Å². The molecular weight excluding hydrogens is 1410 g/mol. The third-order valence-corrected chi connectivity index (χ3v) is 23.1. The predicted octanol–water partition coefficient (Wildman–Crippen LogP) is 24.7. The largest absolute Gasteiger partial charge is 0.462 e. The van der Waals surface area contributed by atoms with Gasteiger partial charge in [-0.3, -0.25) is 28.3 Å². The van der Waals surface area contributed by atoms with Gasteiger partial charge in [0.2, 0.25) is 11.8 Å². The maximum Gasteiger partial charge on any atom is 0.327 e. The van der Waals surface area contributed by atoms with Crippen molar-refractivity contribution >= 4 is 45.0 Å². The van der Waals surface area contributed by atoms with Gasteiger partial charge in [0.05, 0.1) is 64.9 Å². The molecule has 4 N–H and O–H groups in total. The van der Waals surface area contributed by atoms with Crippen LogP contribution >= 0.6 is 15.2 Å². The highest BCUT2D eigenvalue weighted by atomic mass is 31.2. The fourth-order valence-electron chi connectivity index (χ4n) is 13.6. The molecule has 646 valence electrons. The van der Waals surface area contributed by atoms with Gasteiger partial charge in [-0.2, -0.15) is 0 Å². The monoisotopic (exact) mass is 1590 g/mol. The molecule has 0 aromatic carbocycles. The molecule has 0 saturated heterocycles. The van der Waals surface area contributed by atoms with Gasteiger partial charge in [-0.05, 0) is 51.4 Å². The Labute approximate surface area is 669 Å². The van der Waals surface area contributed by atoms with Crippen LogP contribution in [0.4, 0.5) is 4.79 Å². The number of hydrogen-bond donors (Lipinski definition) is 4. The smallest absolute Gasteiger partial charge is 0.327 e. The highest BCUT2D eigenvalue weighted by Crippen LogP contribution is 2.44. The lowest BCUT2D eigenvalue weighted by Gasteiger charge is -2.23. The Morgan fingerprint density at radius 1 is 0.275 bits per heavy atom. The Balaban J connectivity index is 5.58. The van der Waals surface area contributed by atoms with Crippen molar-refractivity contribution in [1.29, 1.82) is 0 Å². The Morgan fingerprint density at radius 2 is 0.514 bits per heavy atom. The summed E-state index contributed by atoms with van der Waals surface area (Å²) >= 11 is 0. The van der Waals surface area contributed by atoms with Gasteiger partial charge < -0.3 is 58.3 Å². The van der Waals surface area contributed by atoms with E-state index in [0.717, 1.165) is 141 Å². The molecule has 0 aromatic heterocycles. The molecule has 0 radical (unpaired) electrons. The van der Waals surface area contributed by atoms with Crippen molar-refractivity contribution in [2.75, 3.05) is 79.3 Å². The lowest BCUT2D eigenvalue weighted by Crippen LogP contribution is -2.41. The summed E-state index contributed by atoms with van der Waals surface area (Å²) < 4.78 is 74.9. The molecule has 0 aliphatic heterocycles. The van der Waals surface area contributed by atoms with Crippen LogP contribution in [0.3, 0.4) is 0 Å². The van der Waals surface area contributed by atoms with Gasteiger partial charge in [0, 0.05) is 64.9 Å². The first kappa shape index (κ1) is 106. The molecule has 0 saturated carbocycles. The summed E-state index contributed by atoms with van der Waals surface area (Å²) in [4.78, 5) is 65.9. The van der Waals surface area contributed by atoms with Crippen LogP contribution in [0.2, 0.25) is 0 Å². The topological polar surface area (TPSA) is 241 Å². The molecule has 0 aromatic rings. The SMILES string of the molecule is CCCCCCCCCCCCCCC(=O)NC(COCCC(CCCCCCC)OC(=O)CCCCCCCCCCCC)COP(C)(=O)OCCNC(=O)NCCOP(C)(=O)OCC(COCCC(CCCCCCC)OC(=O)CCCCCCCCCCCC)NC(=O)CCCCCCCCCCCCC. The van der Waals surface area contributed by atoms with E-state index in [1.807, 2.05) is 0 Å². The van der Waals surface area contributed by atoms with Crippen molar-refractivity contribution in [3.05, 3.63) is 0 Å². The predicted molar refractivity (Wildman–Crippen MR) is 453 cm³/mol. The highest BCUT2D eigenvalue weighted by molar-refractivity contribution is 7.53. The van der Waals surface area contributed by atoms with Gasteiger partial charge in [0.1, 0.15) is 12.2 Å². The van der Waals surface area contributed by atoms with Gasteiger partial charge in [0.25, 0.3) is 0 Å². The second kappa shape index (κ2) is 80.6. The summed E-state index contributed by atoms with van der Waals surface area (Å²) in [5, 5.41) is 11.5. The van der Waals surface area contributed by atoms with Crippen LogP contribution in [0.1, 0.15) is 433 Å². The van der Waals surface area contributed by atoms with E-state index < -0.39 is 33.3 Å². The number of rotatable bonds is 87. The van der Waals surface area contributed by atoms with E-state index >= 15 is 0 Å². The number of ether oxygens (including phenoxy) is 4. The molecule has 0 rings (SSSR count). The third-order valence-electron chi connectivity index (χ3n) is 20.6. The number of esters is 2. The lowest BCUT2D eigenvalue weighted by molar-refractivity contribution is -0.151. The van der Waals surface area contributed by atoms with Crippen molar-refractivity contribution in [2.45, 2.75) is 458 Å². The quantitative estimate of drug-likeness (QED) is 0.0251. The summed E-state index contributed by atoms with van der Waals surface area (Å²) in [5.74, 6) is -0.577. The molecule has 109 heavy (non-hydrogen) atoms. The number of hydrogen-bond acceptors (Lipinski definition) is 15. The lowest BCUT2D eigenvalue weighted by atomic mass is 10.0. The van der Waals surface area contributed by atoms with E-state index in [2.05, 4.69) is 62.8 Å². The van der Waals surface area contributed by atoms with Gasteiger partial charge in [-0.15, -0.1) is 0 Å². The van der Waals surface area contributed by atoms with Crippen molar-refractivity contribution in [3.8, 4) is 0 Å². The number of urea groups is 1. The Morgan fingerprint density at radius 3 is 0.780 bits per heavy atom. The Kier molecular flexibility index (Phi) is 78.6. The summed E-state index contributed by atoms with van der Waals surface area (Å²) in [6.07, 6.45) is 65.9. The zero-order valence-corrected chi connectivity index (χ0v) is 73.8. The van der Waals surface area contributed by atoms with Gasteiger partial charge in [-0.25, -0.2) is 4.79 Å². The summed E-state index contributed by atoms with van der Waals surface area (Å²) in [6, 6.07) is -1.80. The maximum absolute atomic E-state index is 13.7. The number of unbranched alkanes of at least 4 members (excludes halogenated alkanes) is 47. The fraction of sp³-hybridized carbons (Fsp3) is 0.943. The van der Waals surface area contributed by atoms with E-state index in [1.165, 1.54) is 225 Å². The fourth-order valence-corrected chi connectivity index (χ4v) is 15.5. The minimum atomic E-state index is -3.68. The van der Waals surface area contributed by atoms with Crippen LogP contribution in [-0.2, 0) is 65.4 Å². The van der Waals surface area contributed by atoms with Crippen LogP contribution in [0.5, 0.6) is 0 Å². The van der Waals surface area contributed by atoms with Gasteiger partial charge in [-0.1, -0.05) is 343 Å². The molecule has 19 nitrogen and oxygen atoms in total. The molecule has 4 amide bonds. The molecule has 0 bridgehead atoms. The molecule has 0 heterocycles. The van der Waals surface area contributed by atoms with Crippen molar-refractivity contribution < 1.29 is 70.1 Å². The van der Waals surface area contributed by atoms with Crippen molar-refractivity contribution in [1.82, 2.24) is 21.3 Å². The maximum atomic E-state index is 13.7. The highest BCUT2D eigenvalue weighted by Gasteiger charge is 2.25. The minimum Gasteiger partial charge on any atom is -0.462 e. The zero-order chi connectivity index (χ0) is 79.9. The van der Waals surface area contributed by atoms with E-state index in [1.54, 1.807) is 0 Å². The van der Waals surface area contributed by atoms with E-state index in [0.29, 0.717) is 51.7 Å². The van der Waals surface area contributed by atoms with E-state index in [4.69, 9.17) is 37.0 Å². The van der Waals surface area contributed by atoms with Crippen LogP contribution < -0.4 is 21.3 Å². The standard InChI is InChI=1S/C88H174N4O15P2/c1-9-15-21-27-31-35-39-41-43-47-53-59-65-85(94)92-81(77-101-73-69-83(63-57-51-26-20-14-6)107-87(96)67-61-55-49-45-38-34-30-24-18-12-4)79-105-109(8,99)103-75-71-90-88(97)89-70-74-102-108(7,98)104-78-80(91-84(93)64-58-52-46-42-40-36-32-28-22-16-10-2)76-100-72-68-82(62-56-50-25-19-13-5)106-86(95)66-60-54-48-44-37-33-29-23-17-11-3/h80-83H,9-79H2,1-8H3,(H,91,93)(H,92,94)(H2,89,90,97). The minimum absolute atomic E-state index is 0.00604. The molecule has 21 heteroatoms. The molecule has 6 unspecified atom stereocenters. The molecule has 6 atom stereocenters. The van der Waals surface area contributed by atoms with E-state index in [9.17, 15) is 33.1 Å². The summed E-state index contributed by atoms with van der Waals surface area (Å²) in [7, 11) is -7.36. The van der Waals surface area contributed by atoms with E-state index in [-0.39, 0.29) is 88.7 Å². The zero-order valence-electron chi connectivity index (χ0n) is 72.0. The molecule has 0 fully saturated rings. The van der Waals surface area contributed by atoms with Crippen molar-refractivity contribution in [2.24, 2.45) is 0 Å². The number of amides is 4. The number of nitrogens with one attached hydrogen (secondary N) is 4. The average molecular weight is 1590 g/mol. The molecule has 0 spiro atoms. The summed E-state index contributed by atoms with van der Waals surface area (Å²) in [5.41, 5.74) is 0. The molecule has 0 aliphatic rings. The first-order valence-electron chi connectivity index (χ1n) is 45.9. The first-order valence-corrected chi connectivity index (χ1v) is 49.9. The number of carbonyl (C=O) groups excluding carboxylic acids is 5. The summed E-state index contributed by atoms with van der Waals surface area (Å²) in [6.45, 7) is 16.3. The normalized spacial score (nSPS) is 13.8. The Bertz CT molecular complexity index is 2150. The Hall–Kier alpha value is -2.63. The second-order valence-corrected chi connectivity index (χ2v) is 35.8. The van der Waals surface area contributed by atoms with Crippen LogP contribution in [-0.4, -0.2) is 133 Å². The van der Waals surface area contributed by atoms with Crippen LogP contribution in [0.25, 0.3) is 0 Å². The van der Waals surface area contributed by atoms with Crippen LogP contribution in [0.15, 0.2) is 0 Å². The second-order valence-electron chi connectivity index (χ2n) is 31.7.